The zero-order valence-electron chi connectivity index (χ0n) is 14.6. The van der Waals surface area contributed by atoms with Crippen molar-refractivity contribution < 1.29 is 5.11 Å². The minimum absolute atomic E-state index is 0.221. The molecular formula is C20H23N5O. The summed E-state index contributed by atoms with van der Waals surface area (Å²) in [5.74, 6) is 0.975. The molecule has 4 N–H and O–H groups in total. The van der Waals surface area contributed by atoms with Gasteiger partial charge < -0.3 is 16.2 Å². The molecule has 1 aromatic heterocycles. The van der Waals surface area contributed by atoms with Gasteiger partial charge in [-0.05, 0) is 49.7 Å². The molecule has 0 saturated carbocycles. The molecule has 1 saturated heterocycles. The summed E-state index contributed by atoms with van der Waals surface area (Å²) >= 11 is 0. The van der Waals surface area contributed by atoms with Crippen LogP contribution in [0.3, 0.4) is 0 Å². The van der Waals surface area contributed by atoms with Gasteiger partial charge in [-0.2, -0.15) is 0 Å². The van der Waals surface area contributed by atoms with Crippen molar-refractivity contribution in [2.24, 2.45) is 5.73 Å². The summed E-state index contributed by atoms with van der Waals surface area (Å²) in [5.41, 5.74) is 8.93. The first-order valence-electron chi connectivity index (χ1n) is 8.95. The predicted octanol–water partition coefficient (Wildman–Crippen LogP) is 3.00. The number of likely N-dealkylation sites (tertiary alicyclic amines) is 1. The van der Waals surface area contributed by atoms with Crippen molar-refractivity contribution in [1.82, 2.24) is 14.9 Å². The fourth-order valence-corrected chi connectivity index (χ4v) is 3.48. The first-order valence-corrected chi connectivity index (χ1v) is 8.95. The zero-order chi connectivity index (χ0) is 17.9. The molecule has 3 aromatic rings. The largest absolute Gasteiger partial charge is 0.508 e. The van der Waals surface area contributed by atoms with Crippen LogP contribution in [-0.4, -0.2) is 39.1 Å². The van der Waals surface area contributed by atoms with E-state index in [0.717, 1.165) is 54.9 Å². The highest BCUT2D eigenvalue weighted by molar-refractivity contribution is 5.93. The van der Waals surface area contributed by atoms with E-state index in [9.17, 15) is 5.11 Å². The number of aromatic hydroxyl groups is 1. The van der Waals surface area contributed by atoms with Crippen LogP contribution in [0.15, 0.2) is 48.8 Å². The average Bonchev–Trinajstić information content (AvgIpc) is 2.64. The molecule has 2 aromatic carbocycles. The molecule has 0 spiro atoms. The van der Waals surface area contributed by atoms with E-state index < -0.39 is 0 Å². The van der Waals surface area contributed by atoms with Crippen molar-refractivity contribution in [3.8, 4) is 5.75 Å². The molecule has 0 aliphatic carbocycles. The van der Waals surface area contributed by atoms with E-state index in [0.29, 0.717) is 6.04 Å². The van der Waals surface area contributed by atoms with E-state index in [2.05, 4.69) is 26.3 Å². The van der Waals surface area contributed by atoms with Crippen LogP contribution in [0.5, 0.6) is 5.75 Å². The van der Waals surface area contributed by atoms with Gasteiger partial charge in [0.05, 0.1) is 5.52 Å². The molecule has 0 atom stereocenters. The quantitative estimate of drug-likeness (QED) is 0.671. The van der Waals surface area contributed by atoms with Gasteiger partial charge in [-0.15, -0.1) is 0 Å². The molecule has 6 heteroatoms. The van der Waals surface area contributed by atoms with Gasteiger partial charge >= 0.3 is 0 Å². The van der Waals surface area contributed by atoms with Crippen LogP contribution in [0.1, 0.15) is 18.4 Å². The zero-order valence-corrected chi connectivity index (χ0v) is 14.6. The van der Waals surface area contributed by atoms with Crippen LogP contribution >= 0.6 is 0 Å². The second kappa shape index (κ2) is 7.27. The van der Waals surface area contributed by atoms with Crippen molar-refractivity contribution in [1.29, 1.82) is 0 Å². The third-order valence-corrected chi connectivity index (χ3v) is 4.88. The number of rotatable bonds is 4. The van der Waals surface area contributed by atoms with Crippen LogP contribution in [-0.2, 0) is 6.54 Å². The van der Waals surface area contributed by atoms with Crippen molar-refractivity contribution >= 4 is 22.4 Å². The highest BCUT2D eigenvalue weighted by Gasteiger charge is 2.18. The number of hydrogen-bond donors (Lipinski definition) is 3. The molecule has 1 aliphatic heterocycles. The molecule has 2 heterocycles. The first kappa shape index (κ1) is 16.8. The summed E-state index contributed by atoms with van der Waals surface area (Å²) in [5, 5.41) is 14.1. The third kappa shape index (κ3) is 3.61. The van der Waals surface area contributed by atoms with E-state index >= 15 is 0 Å². The Morgan fingerprint density at radius 1 is 1.12 bits per heavy atom. The number of phenols is 1. The number of nitrogens with zero attached hydrogens (tertiary/aromatic N) is 3. The number of hydrogen-bond acceptors (Lipinski definition) is 6. The van der Waals surface area contributed by atoms with Crippen molar-refractivity contribution in [2.45, 2.75) is 25.4 Å². The van der Waals surface area contributed by atoms with E-state index in [-0.39, 0.29) is 5.75 Å². The number of phenolic OH excluding ortho intramolecular Hbond substituents is 1. The number of nitrogens with two attached hydrogens (primary N) is 1. The van der Waals surface area contributed by atoms with Gasteiger partial charge in [-0.1, -0.05) is 18.2 Å². The summed E-state index contributed by atoms with van der Waals surface area (Å²) < 4.78 is 0. The van der Waals surface area contributed by atoms with Crippen LogP contribution < -0.4 is 11.1 Å². The fourth-order valence-electron chi connectivity index (χ4n) is 3.48. The molecule has 1 fully saturated rings. The smallest absolute Gasteiger partial charge is 0.142 e. The topological polar surface area (TPSA) is 87.3 Å². The second-order valence-corrected chi connectivity index (χ2v) is 6.82. The summed E-state index contributed by atoms with van der Waals surface area (Å²) in [6.07, 6.45) is 3.64. The molecule has 0 amide bonds. The Balaban J connectivity index is 1.67. The molecule has 0 bridgehead atoms. The van der Waals surface area contributed by atoms with Gasteiger partial charge in [0.25, 0.3) is 0 Å². The maximum absolute atomic E-state index is 9.71. The summed E-state index contributed by atoms with van der Waals surface area (Å²) in [4.78, 5) is 11.3. The van der Waals surface area contributed by atoms with Gasteiger partial charge in [0.1, 0.15) is 17.9 Å². The summed E-state index contributed by atoms with van der Waals surface area (Å²) in [6, 6.07) is 13.5. The van der Waals surface area contributed by atoms with Crippen molar-refractivity contribution in [3.63, 3.8) is 0 Å². The van der Waals surface area contributed by atoms with Crippen LogP contribution in [0.2, 0.25) is 0 Å². The van der Waals surface area contributed by atoms with Crippen LogP contribution in [0.25, 0.3) is 10.9 Å². The van der Waals surface area contributed by atoms with Gasteiger partial charge in [0, 0.05) is 29.7 Å². The molecule has 1 aliphatic rings. The third-order valence-electron chi connectivity index (χ3n) is 4.88. The Morgan fingerprint density at radius 3 is 2.73 bits per heavy atom. The lowest BCUT2D eigenvalue weighted by Crippen LogP contribution is -2.39. The Morgan fingerprint density at radius 2 is 1.92 bits per heavy atom. The van der Waals surface area contributed by atoms with Crippen molar-refractivity contribution in [2.75, 3.05) is 18.4 Å². The lowest BCUT2D eigenvalue weighted by molar-refractivity contribution is 0.206. The Hall–Kier alpha value is -2.70. The van der Waals surface area contributed by atoms with Crippen LogP contribution in [0.4, 0.5) is 11.5 Å². The van der Waals surface area contributed by atoms with Crippen molar-refractivity contribution in [3.05, 3.63) is 54.4 Å². The Kier molecular flexibility index (Phi) is 4.69. The Labute approximate surface area is 152 Å². The first-order chi connectivity index (χ1) is 12.7. The molecule has 26 heavy (non-hydrogen) atoms. The number of anilines is 2. The van der Waals surface area contributed by atoms with Gasteiger partial charge in [-0.25, -0.2) is 9.97 Å². The number of aromatic nitrogens is 2. The summed E-state index contributed by atoms with van der Waals surface area (Å²) in [6.45, 7) is 2.88. The average molecular weight is 349 g/mol. The standard InChI is InChI=1S/C20H23N5O/c21-15-7-9-25(10-8-15)12-14-3-1-6-18-19(14)20(23-13-22-18)24-16-4-2-5-17(26)11-16/h1-6,11,13,15,26H,7-10,12,21H2,(H,22,23,24). The molecule has 0 unspecified atom stereocenters. The number of fused-ring (bicyclic) bond motifs is 1. The number of nitrogens with one attached hydrogen (secondary N) is 1. The predicted molar refractivity (Wildman–Crippen MR) is 103 cm³/mol. The van der Waals surface area contributed by atoms with Crippen LogP contribution in [0, 0.1) is 0 Å². The van der Waals surface area contributed by atoms with E-state index in [4.69, 9.17) is 5.73 Å². The molecule has 4 rings (SSSR count). The highest BCUT2D eigenvalue weighted by atomic mass is 16.3. The fraction of sp³-hybridized carbons (Fsp3) is 0.300. The SMILES string of the molecule is NC1CCN(Cc2cccc3ncnc(Nc4cccc(O)c4)c23)CC1. The number of benzene rings is 2. The Bertz CT molecular complexity index is 900. The lowest BCUT2D eigenvalue weighted by Gasteiger charge is -2.30. The molecular weight excluding hydrogens is 326 g/mol. The maximum atomic E-state index is 9.71. The van der Waals surface area contributed by atoms with E-state index in [1.54, 1.807) is 24.5 Å². The molecule has 134 valence electrons. The van der Waals surface area contributed by atoms with E-state index in [1.165, 1.54) is 5.56 Å². The lowest BCUT2D eigenvalue weighted by atomic mass is 10.0. The van der Waals surface area contributed by atoms with Gasteiger partial charge in [0.15, 0.2) is 0 Å². The highest BCUT2D eigenvalue weighted by Crippen LogP contribution is 2.28. The minimum Gasteiger partial charge on any atom is -0.508 e. The monoisotopic (exact) mass is 349 g/mol. The molecule has 0 radical (unpaired) electrons. The molecule has 6 nitrogen and oxygen atoms in total. The minimum atomic E-state index is 0.221. The number of piperidine rings is 1. The van der Waals surface area contributed by atoms with Gasteiger partial charge in [-0.3, -0.25) is 4.90 Å². The normalized spacial score (nSPS) is 16.0. The summed E-state index contributed by atoms with van der Waals surface area (Å²) in [7, 11) is 0. The van der Waals surface area contributed by atoms with E-state index in [1.807, 2.05) is 18.2 Å². The second-order valence-electron chi connectivity index (χ2n) is 6.82. The maximum Gasteiger partial charge on any atom is 0.142 e. The van der Waals surface area contributed by atoms with Gasteiger partial charge in [0.2, 0.25) is 0 Å².